The summed E-state index contributed by atoms with van der Waals surface area (Å²) in [6, 6.07) is 6.88. The van der Waals surface area contributed by atoms with Gasteiger partial charge in [0.25, 0.3) is 0 Å². The Hall–Kier alpha value is -1.93. The largest absolute Gasteiger partial charge is 0.360 e. The molecule has 0 bridgehead atoms. The van der Waals surface area contributed by atoms with Crippen LogP contribution >= 0.6 is 23.1 Å². The van der Waals surface area contributed by atoms with Gasteiger partial charge in [0.05, 0.1) is 5.75 Å². The van der Waals surface area contributed by atoms with E-state index in [1.165, 1.54) is 30.0 Å². The molecule has 6 nitrogen and oxygen atoms in total. The minimum absolute atomic E-state index is 0.0321. The molecular weight excluding hydrogens is 320 g/mol. The third-order valence-electron chi connectivity index (χ3n) is 2.61. The fourth-order valence-corrected chi connectivity index (χ4v) is 3.25. The molecule has 0 saturated carbocycles. The molecule has 0 aliphatic rings. The Bertz CT molecular complexity index is 672. The molecule has 1 aromatic heterocycles. The molecule has 0 radical (unpaired) electrons. The number of thioether (sulfide) groups is 1. The number of carbonyl (C=O) groups excluding carboxylic acids is 2. The topological polar surface area (TPSA) is 84.0 Å². The number of rotatable bonds is 7. The van der Waals surface area contributed by atoms with E-state index in [1.807, 2.05) is 6.92 Å². The maximum absolute atomic E-state index is 11.9. The van der Waals surface area contributed by atoms with E-state index in [9.17, 15) is 9.59 Å². The van der Waals surface area contributed by atoms with Crippen LogP contribution < -0.4 is 10.6 Å². The summed E-state index contributed by atoms with van der Waals surface area (Å²) in [4.78, 5) is 23.2. The van der Waals surface area contributed by atoms with Gasteiger partial charge in [-0.2, -0.15) is 0 Å². The van der Waals surface area contributed by atoms with Crippen molar-refractivity contribution < 1.29 is 9.59 Å². The lowest BCUT2D eigenvalue weighted by Gasteiger charge is -2.05. The summed E-state index contributed by atoms with van der Waals surface area (Å²) < 4.78 is 0.739. The first-order chi connectivity index (χ1) is 10.6. The zero-order valence-corrected chi connectivity index (χ0v) is 13.9. The van der Waals surface area contributed by atoms with Crippen molar-refractivity contribution in [3.63, 3.8) is 0 Å². The highest BCUT2D eigenvalue weighted by molar-refractivity contribution is 8.01. The van der Waals surface area contributed by atoms with E-state index < -0.39 is 0 Å². The zero-order chi connectivity index (χ0) is 15.9. The van der Waals surface area contributed by atoms with E-state index >= 15 is 0 Å². The molecule has 22 heavy (non-hydrogen) atoms. The van der Waals surface area contributed by atoms with Crippen molar-refractivity contribution in [2.45, 2.75) is 18.2 Å². The van der Waals surface area contributed by atoms with Crippen molar-refractivity contribution >= 4 is 45.6 Å². The van der Waals surface area contributed by atoms with Crippen LogP contribution in [-0.2, 0) is 4.79 Å². The SMILES string of the molecule is CCNc1nnc(SCC(=O)Nc2cccc(C(C)=O)c2)s1. The molecule has 0 spiro atoms. The number of anilines is 2. The Morgan fingerprint density at radius 1 is 1.32 bits per heavy atom. The molecule has 0 saturated heterocycles. The van der Waals surface area contributed by atoms with Gasteiger partial charge < -0.3 is 10.6 Å². The third kappa shape index (κ3) is 4.81. The highest BCUT2D eigenvalue weighted by Crippen LogP contribution is 2.25. The summed E-state index contributed by atoms with van der Waals surface area (Å²) in [5.41, 5.74) is 1.19. The van der Waals surface area contributed by atoms with Crippen LogP contribution in [0.2, 0.25) is 0 Å². The Labute approximate surface area is 136 Å². The summed E-state index contributed by atoms with van der Waals surface area (Å²) in [6.45, 7) is 4.26. The van der Waals surface area contributed by atoms with E-state index in [-0.39, 0.29) is 17.4 Å². The van der Waals surface area contributed by atoms with Crippen molar-refractivity contribution in [3.05, 3.63) is 29.8 Å². The molecule has 116 valence electrons. The fraction of sp³-hybridized carbons (Fsp3) is 0.286. The number of hydrogen-bond acceptors (Lipinski definition) is 7. The van der Waals surface area contributed by atoms with Gasteiger partial charge in [-0.3, -0.25) is 9.59 Å². The molecule has 0 aliphatic heterocycles. The molecule has 0 fully saturated rings. The smallest absolute Gasteiger partial charge is 0.234 e. The van der Waals surface area contributed by atoms with Crippen molar-refractivity contribution in [3.8, 4) is 0 Å². The molecule has 1 heterocycles. The number of ketones is 1. The Morgan fingerprint density at radius 3 is 2.86 bits per heavy atom. The van der Waals surface area contributed by atoms with Gasteiger partial charge in [0.1, 0.15) is 0 Å². The lowest BCUT2D eigenvalue weighted by atomic mass is 10.1. The summed E-state index contributed by atoms with van der Waals surface area (Å²) >= 11 is 2.75. The molecule has 1 amide bonds. The minimum Gasteiger partial charge on any atom is -0.360 e. The quantitative estimate of drug-likeness (QED) is 0.597. The highest BCUT2D eigenvalue weighted by Gasteiger charge is 2.09. The maximum Gasteiger partial charge on any atom is 0.234 e. The van der Waals surface area contributed by atoms with E-state index in [2.05, 4.69) is 20.8 Å². The summed E-state index contributed by atoms with van der Waals surface area (Å²) in [5, 5.41) is 14.6. The second kappa shape index (κ2) is 7.90. The summed E-state index contributed by atoms with van der Waals surface area (Å²) in [6.07, 6.45) is 0. The molecule has 0 aliphatic carbocycles. The monoisotopic (exact) mass is 336 g/mol. The Morgan fingerprint density at radius 2 is 2.14 bits per heavy atom. The fourth-order valence-electron chi connectivity index (χ4n) is 1.63. The lowest BCUT2D eigenvalue weighted by molar-refractivity contribution is -0.113. The van der Waals surface area contributed by atoms with Crippen molar-refractivity contribution in [1.29, 1.82) is 0 Å². The van der Waals surface area contributed by atoms with Crippen LogP contribution in [0.1, 0.15) is 24.2 Å². The van der Waals surface area contributed by atoms with Crippen LogP contribution in [0.3, 0.4) is 0 Å². The first kappa shape index (κ1) is 16.4. The van der Waals surface area contributed by atoms with Crippen molar-refractivity contribution in [1.82, 2.24) is 10.2 Å². The molecule has 1 aromatic carbocycles. The van der Waals surface area contributed by atoms with Crippen molar-refractivity contribution in [2.75, 3.05) is 22.9 Å². The predicted octanol–water partition coefficient (Wildman–Crippen LogP) is 2.90. The molecule has 2 aromatic rings. The van der Waals surface area contributed by atoms with Gasteiger partial charge in [-0.15, -0.1) is 10.2 Å². The molecule has 0 atom stereocenters. The van der Waals surface area contributed by atoms with Crippen LogP contribution in [0.4, 0.5) is 10.8 Å². The van der Waals surface area contributed by atoms with Gasteiger partial charge in [-0.05, 0) is 26.0 Å². The number of benzene rings is 1. The van der Waals surface area contributed by atoms with Crippen LogP contribution in [0.5, 0.6) is 0 Å². The van der Waals surface area contributed by atoms with Crippen LogP contribution in [0, 0.1) is 0 Å². The first-order valence-corrected chi connectivity index (χ1v) is 8.49. The summed E-state index contributed by atoms with van der Waals surface area (Å²) in [5.74, 6) is 0.0617. The summed E-state index contributed by atoms with van der Waals surface area (Å²) in [7, 11) is 0. The zero-order valence-electron chi connectivity index (χ0n) is 12.3. The first-order valence-electron chi connectivity index (χ1n) is 6.69. The number of nitrogens with zero attached hydrogens (tertiary/aromatic N) is 2. The normalized spacial score (nSPS) is 10.3. The van der Waals surface area contributed by atoms with Gasteiger partial charge in [0.15, 0.2) is 10.1 Å². The Kier molecular flexibility index (Phi) is 5.91. The molecule has 2 rings (SSSR count). The lowest BCUT2D eigenvalue weighted by Crippen LogP contribution is -2.14. The Balaban J connectivity index is 1.87. The van der Waals surface area contributed by atoms with Crippen LogP contribution in [0.15, 0.2) is 28.6 Å². The number of hydrogen-bond donors (Lipinski definition) is 2. The van der Waals surface area contributed by atoms with Gasteiger partial charge in [0, 0.05) is 17.8 Å². The van der Waals surface area contributed by atoms with E-state index in [0.717, 1.165) is 16.0 Å². The second-order valence-corrected chi connectivity index (χ2v) is 6.58. The number of carbonyl (C=O) groups is 2. The molecule has 0 unspecified atom stereocenters. The number of aromatic nitrogens is 2. The molecule has 2 N–H and O–H groups in total. The molecule has 8 heteroatoms. The van der Waals surface area contributed by atoms with Crippen molar-refractivity contribution in [2.24, 2.45) is 0 Å². The van der Waals surface area contributed by atoms with E-state index in [1.54, 1.807) is 24.3 Å². The maximum atomic E-state index is 11.9. The number of nitrogens with one attached hydrogen (secondary N) is 2. The minimum atomic E-state index is -0.147. The van der Waals surface area contributed by atoms with Gasteiger partial charge in [-0.25, -0.2) is 0 Å². The van der Waals surface area contributed by atoms with Gasteiger partial charge in [0.2, 0.25) is 11.0 Å². The number of amides is 1. The van der Waals surface area contributed by atoms with Crippen LogP contribution in [0.25, 0.3) is 0 Å². The number of Topliss-reactive ketones (excluding diaryl/α,β-unsaturated/α-hetero) is 1. The predicted molar refractivity (Wildman–Crippen MR) is 89.9 cm³/mol. The average Bonchev–Trinajstić information content (AvgIpc) is 2.93. The average molecular weight is 336 g/mol. The van der Waals surface area contributed by atoms with E-state index in [4.69, 9.17) is 0 Å². The van der Waals surface area contributed by atoms with Crippen LogP contribution in [-0.4, -0.2) is 34.2 Å². The second-order valence-electron chi connectivity index (χ2n) is 4.38. The highest BCUT2D eigenvalue weighted by atomic mass is 32.2. The third-order valence-corrected chi connectivity index (χ3v) is 4.63. The van der Waals surface area contributed by atoms with Gasteiger partial charge >= 0.3 is 0 Å². The van der Waals surface area contributed by atoms with Gasteiger partial charge in [-0.1, -0.05) is 35.2 Å². The molecular formula is C14H16N4O2S2. The van der Waals surface area contributed by atoms with E-state index in [0.29, 0.717) is 11.3 Å². The standard InChI is InChI=1S/C14H16N4O2S2/c1-3-15-13-17-18-14(22-13)21-8-12(20)16-11-6-4-5-10(7-11)9(2)19/h4-7H,3,8H2,1-2H3,(H,15,17)(H,16,20).